The lowest BCUT2D eigenvalue weighted by atomic mass is 10.1. The van der Waals surface area contributed by atoms with Crippen molar-refractivity contribution >= 4 is 17.6 Å². The fourth-order valence-electron chi connectivity index (χ4n) is 2.43. The van der Waals surface area contributed by atoms with Crippen molar-refractivity contribution in [1.82, 2.24) is 5.32 Å². The highest BCUT2D eigenvalue weighted by Gasteiger charge is 2.20. The number of carboxylic acid groups (broad SMARTS) is 1. The number of aliphatic carboxylic acids is 1. The fraction of sp³-hybridized carbons (Fsp3) is 0.467. The molecule has 0 bridgehead atoms. The Bertz CT molecular complexity index is 480. The molecular weight excluding hydrogens is 256 g/mol. The van der Waals surface area contributed by atoms with E-state index in [1.807, 2.05) is 0 Å². The molecule has 1 heterocycles. The van der Waals surface area contributed by atoms with E-state index < -0.39 is 5.97 Å². The average Bonchev–Trinajstić information content (AvgIpc) is 2.69. The zero-order chi connectivity index (χ0) is 14.4. The first-order valence-electron chi connectivity index (χ1n) is 7.01. The van der Waals surface area contributed by atoms with E-state index in [2.05, 4.69) is 10.6 Å². The molecule has 20 heavy (non-hydrogen) atoms. The predicted molar refractivity (Wildman–Crippen MR) is 76.7 cm³/mol. The van der Waals surface area contributed by atoms with Gasteiger partial charge in [-0.1, -0.05) is 31.0 Å². The van der Waals surface area contributed by atoms with Crippen LogP contribution in [0.5, 0.6) is 0 Å². The van der Waals surface area contributed by atoms with Crippen LogP contribution in [-0.2, 0) is 16.0 Å². The molecule has 0 aliphatic carbocycles. The maximum Gasteiger partial charge on any atom is 0.307 e. The SMILES string of the molecule is O=C(O)Cc1ccccc1NC(=O)C1CCCCCN1. The quantitative estimate of drug-likeness (QED) is 0.783. The van der Waals surface area contributed by atoms with Crippen LogP contribution in [0.3, 0.4) is 0 Å². The highest BCUT2D eigenvalue weighted by atomic mass is 16.4. The Hall–Kier alpha value is -1.88. The molecule has 1 unspecified atom stereocenters. The third-order valence-corrected chi connectivity index (χ3v) is 3.49. The van der Waals surface area contributed by atoms with Crippen molar-refractivity contribution in [3.8, 4) is 0 Å². The molecule has 1 aliphatic heterocycles. The third kappa shape index (κ3) is 4.06. The average molecular weight is 276 g/mol. The van der Waals surface area contributed by atoms with E-state index in [0.29, 0.717) is 11.3 Å². The Balaban J connectivity index is 2.04. The summed E-state index contributed by atoms with van der Waals surface area (Å²) in [6.07, 6.45) is 4.02. The number of carboxylic acids is 1. The van der Waals surface area contributed by atoms with E-state index in [1.165, 1.54) is 0 Å². The number of anilines is 1. The number of carbonyl (C=O) groups is 2. The molecule has 2 rings (SSSR count). The molecule has 1 aliphatic rings. The molecule has 1 fully saturated rings. The maximum absolute atomic E-state index is 12.2. The van der Waals surface area contributed by atoms with Gasteiger partial charge in [-0.15, -0.1) is 0 Å². The van der Waals surface area contributed by atoms with Crippen molar-refractivity contribution < 1.29 is 14.7 Å². The van der Waals surface area contributed by atoms with E-state index in [4.69, 9.17) is 5.11 Å². The number of hydrogen-bond donors (Lipinski definition) is 3. The molecule has 0 radical (unpaired) electrons. The molecule has 1 amide bonds. The standard InChI is InChI=1S/C15H20N2O3/c18-14(19)10-11-6-3-4-7-12(11)17-15(20)13-8-2-1-5-9-16-13/h3-4,6-7,13,16H,1-2,5,8-10H2,(H,17,20)(H,18,19). The van der Waals surface area contributed by atoms with Gasteiger partial charge in [0, 0.05) is 5.69 Å². The Kier molecular flexibility index (Phi) is 5.12. The van der Waals surface area contributed by atoms with E-state index >= 15 is 0 Å². The summed E-state index contributed by atoms with van der Waals surface area (Å²) < 4.78 is 0. The van der Waals surface area contributed by atoms with Crippen LogP contribution in [0.1, 0.15) is 31.2 Å². The first-order valence-corrected chi connectivity index (χ1v) is 7.01. The number of nitrogens with one attached hydrogen (secondary N) is 2. The minimum absolute atomic E-state index is 0.0789. The van der Waals surface area contributed by atoms with Crippen LogP contribution < -0.4 is 10.6 Å². The van der Waals surface area contributed by atoms with Crippen LogP contribution in [0.15, 0.2) is 24.3 Å². The van der Waals surface area contributed by atoms with Crippen molar-refractivity contribution in [2.45, 2.75) is 38.1 Å². The van der Waals surface area contributed by atoms with Gasteiger partial charge < -0.3 is 15.7 Å². The van der Waals surface area contributed by atoms with Crippen LogP contribution in [0.2, 0.25) is 0 Å². The van der Waals surface area contributed by atoms with E-state index in [0.717, 1.165) is 32.2 Å². The van der Waals surface area contributed by atoms with Crippen LogP contribution in [0.4, 0.5) is 5.69 Å². The molecule has 5 heteroatoms. The number of amides is 1. The molecule has 1 aromatic rings. The third-order valence-electron chi connectivity index (χ3n) is 3.49. The number of carbonyl (C=O) groups excluding carboxylic acids is 1. The van der Waals surface area contributed by atoms with Gasteiger partial charge >= 0.3 is 5.97 Å². The molecule has 1 saturated heterocycles. The fourth-order valence-corrected chi connectivity index (χ4v) is 2.43. The van der Waals surface area contributed by atoms with Gasteiger partial charge in [-0.25, -0.2) is 0 Å². The van der Waals surface area contributed by atoms with Crippen molar-refractivity contribution in [1.29, 1.82) is 0 Å². The zero-order valence-corrected chi connectivity index (χ0v) is 11.4. The first-order chi connectivity index (χ1) is 9.66. The Labute approximate surface area is 118 Å². The van der Waals surface area contributed by atoms with Crippen LogP contribution in [0.25, 0.3) is 0 Å². The minimum Gasteiger partial charge on any atom is -0.481 e. The summed E-state index contributed by atoms with van der Waals surface area (Å²) in [5.41, 5.74) is 1.22. The Morgan fingerprint density at radius 3 is 2.85 bits per heavy atom. The van der Waals surface area contributed by atoms with Crippen LogP contribution >= 0.6 is 0 Å². The molecule has 0 spiro atoms. The Morgan fingerprint density at radius 2 is 2.05 bits per heavy atom. The summed E-state index contributed by atoms with van der Waals surface area (Å²) in [6, 6.07) is 6.85. The van der Waals surface area contributed by atoms with Gasteiger partial charge in [0.05, 0.1) is 12.5 Å². The molecule has 3 N–H and O–H groups in total. The number of rotatable bonds is 4. The van der Waals surface area contributed by atoms with E-state index in [9.17, 15) is 9.59 Å². The molecule has 108 valence electrons. The predicted octanol–water partition coefficient (Wildman–Crippen LogP) is 1.78. The number of hydrogen-bond acceptors (Lipinski definition) is 3. The lowest BCUT2D eigenvalue weighted by Crippen LogP contribution is -2.40. The second-order valence-corrected chi connectivity index (χ2v) is 5.07. The lowest BCUT2D eigenvalue weighted by Gasteiger charge is -2.17. The molecule has 1 atom stereocenters. The van der Waals surface area contributed by atoms with E-state index in [1.54, 1.807) is 24.3 Å². The Morgan fingerprint density at radius 1 is 1.25 bits per heavy atom. The normalized spacial score (nSPS) is 19.1. The maximum atomic E-state index is 12.2. The van der Waals surface area contributed by atoms with Gasteiger partial charge in [-0.2, -0.15) is 0 Å². The van der Waals surface area contributed by atoms with Gasteiger partial charge in [0.15, 0.2) is 0 Å². The summed E-state index contributed by atoms with van der Waals surface area (Å²) in [6.45, 7) is 0.856. The van der Waals surface area contributed by atoms with Gasteiger partial charge in [0.1, 0.15) is 0 Å². The summed E-state index contributed by atoms with van der Waals surface area (Å²) in [4.78, 5) is 23.1. The molecular formula is C15H20N2O3. The van der Waals surface area contributed by atoms with Crippen LogP contribution in [-0.4, -0.2) is 29.6 Å². The molecule has 5 nitrogen and oxygen atoms in total. The van der Waals surface area contributed by atoms with Crippen molar-refractivity contribution in [3.05, 3.63) is 29.8 Å². The van der Waals surface area contributed by atoms with Gasteiger partial charge in [-0.3, -0.25) is 9.59 Å². The number of para-hydroxylation sites is 1. The summed E-state index contributed by atoms with van der Waals surface area (Å²) in [7, 11) is 0. The first kappa shape index (κ1) is 14.5. The highest BCUT2D eigenvalue weighted by molar-refractivity contribution is 5.96. The number of benzene rings is 1. The second kappa shape index (κ2) is 7.05. The largest absolute Gasteiger partial charge is 0.481 e. The van der Waals surface area contributed by atoms with Crippen molar-refractivity contribution in [3.63, 3.8) is 0 Å². The summed E-state index contributed by atoms with van der Waals surface area (Å²) in [5.74, 6) is -0.982. The molecule has 0 saturated carbocycles. The second-order valence-electron chi connectivity index (χ2n) is 5.07. The highest BCUT2D eigenvalue weighted by Crippen LogP contribution is 2.17. The van der Waals surface area contributed by atoms with Crippen molar-refractivity contribution in [2.24, 2.45) is 0 Å². The molecule has 1 aromatic carbocycles. The summed E-state index contributed by atoms with van der Waals surface area (Å²) >= 11 is 0. The topological polar surface area (TPSA) is 78.4 Å². The molecule has 0 aromatic heterocycles. The minimum atomic E-state index is -0.903. The van der Waals surface area contributed by atoms with E-state index in [-0.39, 0.29) is 18.4 Å². The lowest BCUT2D eigenvalue weighted by molar-refractivity contribution is -0.136. The monoisotopic (exact) mass is 276 g/mol. The smallest absolute Gasteiger partial charge is 0.307 e. The van der Waals surface area contributed by atoms with Crippen molar-refractivity contribution in [2.75, 3.05) is 11.9 Å². The van der Waals surface area contributed by atoms with Crippen LogP contribution in [0, 0.1) is 0 Å². The summed E-state index contributed by atoms with van der Waals surface area (Å²) in [5, 5.41) is 15.0. The van der Waals surface area contributed by atoms with Gasteiger partial charge in [-0.05, 0) is 31.0 Å². The van der Waals surface area contributed by atoms with Gasteiger partial charge in [0.2, 0.25) is 5.91 Å². The van der Waals surface area contributed by atoms with Gasteiger partial charge in [0.25, 0.3) is 0 Å². The zero-order valence-electron chi connectivity index (χ0n) is 11.4.